The van der Waals surface area contributed by atoms with Gasteiger partial charge in [0, 0.05) is 32.0 Å². The molecular weight excluding hydrogens is 634 g/mol. The number of piperidine rings is 1. The van der Waals surface area contributed by atoms with Crippen LogP contribution in [0, 0.1) is 0 Å². The predicted molar refractivity (Wildman–Crippen MR) is 153 cm³/mol. The number of rotatable bonds is 7. The standard InChI is InChI=1S/C25H33ClN2O13P2/c1-16-7-5-9-18(29)10-6-8-17(27-38-15-22(30)28-11-3-2-4-12-28)13-19-23(25(31)39-16)20(40-42(32,33)34)14-21(24(19)26)41-43(35,36)37/h5-6,8-9,14,16,18,29H,2-4,7,10-13,15H2,1H3,(H2,32,33,34)(H2,35,36,37)/b8-6+,9-5+,27-17-/t16-,18+/m1/s1. The maximum Gasteiger partial charge on any atom is 0.524 e. The Bertz CT molecular complexity index is 1370. The van der Waals surface area contributed by atoms with Crippen LogP contribution in [0.25, 0.3) is 0 Å². The van der Waals surface area contributed by atoms with Crippen molar-refractivity contribution in [3.05, 3.63) is 46.5 Å². The quantitative estimate of drug-likeness (QED) is 0.122. The molecule has 2 heterocycles. The lowest BCUT2D eigenvalue weighted by Crippen LogP contribution is -2.37. The Labute approximate surface area is 252 Å². The molecule has 1 aromatic rings. The van der Waals surface area contributed by atoms with Crippen LogP contribution >= 0.6 is 27.2 Å². The first-order valence-electron chi connectivity index (χ1n) is 13.2. The topological polar surface area (TPSA) is 222 Å². The largest absolute Gasteiger partial charge is 0.524 e. The van der Waals surface area contributed by atoms with E-state index in [-0.39, 0.29) is 30.0 Å². The molecule has 1 fully saturated rings. The number of nitrogens with zero attached hydrogens (tertiary/aromatic N) is 2. The van der Waals surface area contributed by atoms with Gasteiger partial charge in [-0.15, -0.1) is 0 Å². The lowest BCUT2D eigenvalue weighted by atomic mass is 9.99. The minimum absolute atomic E-state index is 0.000796. The zero-order chi connectivity index (χ0) is 31.8. The number of hydrogen-bond donors (Lipinski definition) is 5. The summed E-state index contributed by atoms with van der Waals surface area (Å²) in [4.78, 5) is 70.7. The molecule has 2 aliphatic heterocycles. The number of allylic oxidation sites excluding steroid dienone is 1. The molecule has 0 spiro atoms. The Morgan fingerprint density at radius 3 is 2.37 bits per heavy atom. The van der Waals surface area contributed by atoms with Crippen LogP contribution in [0.4, 0.5) is 0 Å². The molecule has 0 radical (unpaired) electrons. The highest BCUT2D eigenvalue weighted by molar-refractivity contribution is 7.47. The van der Waals surface area contributed by atoms with Gasteiger partial charge in [-0.1, -0.05) is 35.0 Å². The van der Waals surface area contributed by atoms with Gasteiger partial charge in [0.05, 0.1) is 16.8 Å². The Balaban J connectivity index is 2.13. The van der Waals surface area contributed by atoms with E-state index >= 15 is 0 Å². The fourth-order valence-electron chi connectivity index (χ4n) is 4.29. The number of halogens is 1. The molecule has 0 aromatic heterocycles. The number of ether oxygens (including phenoxy) is 1. The van der Waals surface area contributed by atoms with Crippen molar-refractivity contribution < 1.29 is 62.0 Å². The minimum atomic E-state index is -5.35. The molecule has 238 valence electrons. The van der Waals surface area contributed by atoms with Crippen LogP contribution in [0.1, 0.15) is 54.9 Å². The number of benzene rings is 1. The summed E-state index contributed by atoms with van der Waals surface area (Å²) in [5.41, 5.74) is -0.875. The SMILES string of the molecule is C[C@@H]1C/C=C/[C@H](O)C/C=C/C(=N/OCC(=O)N2CCCCC2)Cc2c(Cl)c(OP(=O)(O)O)cc(OP(=O)(O)O)c2C(=O)O1. The number of carbonyl (C=O) groups excluding carboxylic acids is 2. The Hall–Kier alpha value is -2.74. The molecule has 43 heavy (non-hydrogen) atoms. The highest BCUT2D eigenvalue weighted by Crippen LogP contribution is 2.49. The molecule has 2 atom stereocenters. The van der Waals surface area contributed by atoms with Gasteiger partial charge in [0.2, 0.25) is 0 Å². The fraction of sp³-hybridized carbons (Fsp3) is 0.480. The van der Waals surface area contributed by atoms with Crippen molar-refractivity contribution in [2.45, 2.75) is 57.7 Å². The molecule has 0 unspecified atom stereocenters. The number of phosphoric acid groups is 2. The van der Waals surface area contributed by atoms with Crippen LogP contribution in [0.5, 0.6) is 11.5 Å². The first kappa shape index (κ1) is 34.7. The van der Waals surface area contributed by atoms with Crippen LogP contribution < -0.4 is 9.05 Å². The minimum Gasteiger partial charge on any atom is -0.459 e. The first-order chi connectivity index (χ1) is 20.1. The van der Waals surface area contributed by atoms with Crippen molar-refractivity contribution in [3.8, 4) is 11.5 Å². The summed E-state index contributed by atoms with van der Waals surface area (Å²) in [7, 11) is -10.6. The summed E-state index contributed by atoms with van der Waals surface area (Å²) in [5, 5.41) is 13.7. The third-order valence-electron chi connectivity index (χ3n) is 6.19. The molecule has 1 saturated heterocycles. The predicted octanol–water partition coefficient (Wildman–Crippen LogP) is 3.02. The van der Waals surface area contributed by atoms with Crippen molar-refractivity contribution >= 4 is 44.8 Å². The van der Waals surface area contributed by atoms with E-state index in [1.165, 1.54) is 25.2 Å². The second-order valence-electron chi connectivity index (χ2n) is 9.76. The van der Waals surface area contributed by atoms with Crippen LogP contribution in [-0.4, -0.2) is 79.1 Å². The van der Waals surface area contributed by atoms with Gasteiger partial charge >= 0.3 is 21.6 Å². The van der Waals surface area contributed by atoms with Gasteiger partial charge in [-0.05, 0) is 44.2 Å². The van der Waals surface area contributed by atoms with Crippen LogP contribution in [0.2, 0.25) is 5.02 Å². The monoisotopic (exact) mass is 666 g/mol. The zero-order valence-corrected chi connectivity index (χ0v) is 25.6. The summed E-state index contributed by atoms with van der Waals surface area (Å²) in [6.07, 6.45) is 6.82. The smallest absolute Gasteiger partial charge is 0.459 e. The number of hydrogen-bond acceptors (Lipinski definition) is 10. The number of phosphoric ester groups is 2. The van der Waals surface area contributed by atoms with E-state index < -0.39 is 68.9 Å². The van der Waals surface area contributed by atoms with Crippen molar-refractivity contribution in [3.63, 3.8) is 0 Å². The van der Waals surface area contributed by atoms with Crippen LogP contribution in [0.15, 0.2) is 35.5 Å². The number of amides is 1. The average molecular weight is 667 g/mol. The second kappa shape index (κ2) is 15.3. The van der Waals surface area contributed by atoms with Gasteiger partial charge < -0.3 is 28.6 Å². The van der Waals surface area contributed by atoms with E-state index in [0.717, 1.165) is 19.3 Å². The van der Waals surface area contributed by atoms with Crippen molar-refractivity contribution in [2.24, 2.45) is 5.16 Å². The normalized spacial score (nSPS) is 23.0. The van der Waals surface area contributed by atoms with Crippen LogP contribution in [0.3, 0.4) is 0 Å². The molecule has 15 nitrogen and oxygen atoms in total. The lowest BCUT2D eigenvalue weighted by Gasteiger charge is -2.26. The van der Waals surface area contributed by atoms with Gasteiger partial charge in [0.15, 0.2) is 12.4 Å². The molecule has 0 bridgehead atoms. The van der Waals surface area contributed by atoms with Gasteiger partial charge in [-0.3, -0.25) is 24.4 Å². The van der Waals surface area contributed by atoms with E-state index in [4.69, 9.17) is 25.7 Å². The molecule has 1 amide bonds. The third kappa shape index (κ3) is 11.4. The van der Waals surface area contributed by atoms with Gasteiger partial charge in [0.1, 0.15) is 17.4 Å². The number of aliphatic hydroxyl groups is 1. The highest BCUT2D eigenvalue weighted by Gasteiger charge is 2.32. The molecule has 0 saturated carbocycles. The van der Waals surface area contributed by atoms with Gasteiger partial charge in [-0.25, -0.2) is 13.9 Å². The Kier molecular flexibility index (Phi) is 12.4. The van der Waals surface area contributed by atoms with Gasteiger partial charge in [-0.2, -0.15) is 0 Å². The number of carbonyl (C=O) groups is 2. The lowest BCUT2D eigenvalue weighted by molar-refractivity contribution is -0.137. The molecule has 2 aliphatic rings. The van der Waals surface area contributed by atoms with Crippen molar-refractivity contribution in [1.82, 2.24) is 4.90 Å². The van der Waals surface area contributed by atoms with E-state index in [9.17, 15) is 43.4 Å². The van der Waals surface area contributed by atoms with Crippen molar-refractivity contribution in [1.29, 1.82) is 0 Å². The summed E-state index contributed by atoms with van der Waals surface area (Å²) in [5.74, 6) is -3.05. The van der Waals surface area contributed by atoms with E-state index in [0.29, 0.717) is 19.2 Å². The maximum atomic E-state index is 13.4. The molecule has 0 aliphatic carbocycles. The fourth-order valence-corrected chi connectivity index (χ4v) is 5.40. The average Bonchev–Trinajstić information content (AvgIpc) is 2.89. The summed E-state index contributed by atoms with van der Waals surface area (Å²) >= 11 is 6.45. The summed E-state index contributed by atoms with van der Waals surface area (Å²) in [6, 6.07) is 0.644. The van der Waals surface area contributed by atoms with E-state index in [1.54, 1.807) is 11.0 Å². The first-order valence-corrected chi connectivity index (χ1v) is 16.6. The third-order valence-corrected chi connectivity index (χ3v) is 7.47. The van der Waals surface area contributed by atoms with Gasteiger partial charge in [0.25, 0.3) is 5.91 Å². The Morgan fingerprint density at radius 2 is 1.72 bits per heavy atom. The van der Waals surface area contributed by atoms with E-state index in [2.05, 4.69) is 9.68 Å². The number of oxime groups is 1. The molecule has 1 aromatic carbocycles. The molecule has 5 N–H and O–H groups in total. The van der Waals surface area contributed by atoms with Crippen molar-refractivity contribution in [2.75, 3.05) is 19.7 Å². The summed E-state index contributed by atoms with van der Waals surface area (Å²) in [6.45, 7) is 2.27. The second-order valence-corrected chi connectivity index (χ2v) is 12.5. The molecular formula is C25H33ClN2O13P2. The van der Waals surface area contributed by atoms with Crippen LogP contribution in [-0.2, 0) is 29.9 Å². The molecule has 18 heteroatoms. The number of esters is 1. The Morgan fingerprint density at radius 1 is 1.07 bits per heavy atom. The maximum absolute atomic E-state index is 13.4. The number of cyclic esters (lactones) is 1. The van der Waals surface area contributed by atoms with E-state index in [1.807, 2.05) is 0 Å². The zero-order valence-electron chi connectivity index (χ0n) is 23.1. The molecule has 3 rings (SSSR count). The number of fused-ring (bicyclic) bond motifs is 1. The number of aliphatic hydroxyl groups excluding tert-OH is 1. The number of likely N-dealkylation sites (tertiary alicyclic amines) is 1. The summed E-state index contributed by atoms with van der Waals surface area (Å²) < 4.78 is 38.2. The highest BCUT2D eigenvalue weighted by atomic mass is 35.5.